The van der Waals surface area contributed by atoms with Gasteiger partial charge in [-0.05, 0) is 56.3 Å². The smallest absolute Gasteiger partial charge is 0.226 e. The molecule has 2 bridgehead atoms. The predicted molar refractivity (Wildman–Crippen MR) is 109 cm³/mol. The summed E-state index contributed by atoms with van der Waals surface area (Å²) < 4.78 is 0. The Kier molecular flexibility index (Phi) is 4.67. The van der Waals surface area contributed by atoms with Gasteiger partial charge in [-0.3, -0.25) is 19.6 Å². The molecule has 1 spiro atoms. The van der Waals surface area contributed by atoms with Crippen molar-refractivity contribution in [1.29, 1.82) is 0 Å². The van der Waals surface area contributed by atoms with E-state index in [0.717, 1.165) is 56.7 Å². The number of allylic oxidation sites excluding steroid dienone is 2. The van der Waals surface area contributed by atoms with Crippen molar-refractivity contribution in [3.05, 3.63) is 35.9 Å². The van der Waals surface area contributed by atoms with Crippen LogP contribution in [0.15, 0.2) is 24.5 Å². The minimum atomic E-state index is 0.150. The highest BCUT2D eigenvalue weighted by Gasteiger charge is 2.45. The van der Waals surface area contributed by atoms with Crippen LogP contribution in [0.2, 0.25) is 0 Å². The largest absolute Gasteiger partial charge is 0.342 e. The summed E-state index contributed by atoms with van der Waals surface area (Å²) in [4.78, 5) is 38.4. The summed E-state index contributed by atoms with van der Waals surface area (Å²) in [5.41, 5.74) is 1.88. The lowest BCUT2D eigenvalue weighted by Gasteiger charge is -2.47. The van der Waals surface area contributed by atoms with Gasteiger partial charge in [0.05, 0.1) is 24.1 Å². The molecule has 3 atom stereocenters. The maximum absolute atomic E-state index is 13.1. The van der Waals surface area contributed by atoms with Crippen LogP contribution in [0.3, 0.4) is 0 Å². The van der Waals surface area contributed by atoms with Crippen LogP contribution < -0.4 is 0 Å². The molecular weight excluding hydrogens is 364 g/mol. The number of aromatic nitrogens is 2. The third-order valence-corrected chi connectivity index (χ3v) is 7.67. The second-order valence-electron chi connectivity index (χ2n) is 9.61. The van der Waals surface area contributed by atoms with Gasteiger partial charge in [0, 0.05) is 38.2 Å². The Balaban J connectivity index is 1.20. The molecule has 2 aliphatic carbocycles. The first kappa shape index (κ1) is 18.8. The monoisotopic (exact) mass is 394 g/mol. The van der Waals surface area contributed by atoms with E-state index in [0.29, 0.717) is 30.7 Å². The van der Waals surface area contributed by atoms with E-state index in [1.165, 1.54) is 6.42 Å². The Morgan fingerprint density at radius 1 is 1.14 bits per heavy atom. The van der Waals surface area contributed by atoms with Crippen LogP contribution >= 0.6 is 0 Å². The van der Waals surface area contributed by atoms with E-state index in [2.05, 4.69) is 27.0 Å². The fraction of sp³-hybridized carbons (Fsp3) is 0.652. The molecule has 1 aromatic rings. The van der Waals surface area contributed by atoms with E-state index >= 15 is 0 Å². The van der Waals surface area contributed by atoms with E-state index in [9.17, 15) is 9.59 Å². The Hall–Kier alpha value is -2.24. The summed E-state index contributed by atoms with van der Waals surface area (Å²) in [5, 5.41) is 0. The van der Waals surface area contributed by atoms with Crippen molar-refractivity contribution < 1.29 is 9.59 Å². The number of rotatable bonds is 3. The molecule has 6 nitrogen and oxygen atoms in total. The molecule has 154 valence electrons. The average molecular weight is 395 g/mol. The van der Waals surface area contributed by atoms with Crippen molar-refractivity contribution in [2.75, 3.05) is 19.6 Å². The standard InChI is InChI=1S/C23H30N4O2/c1-16-12-25-19(13-24-16)14-27-15-23(5-4-21(27)28)6-8-26(9-7-23)22(29)20-11-17-2-3-18(20)10-17/h2-3,12-13,17-18,20H,4-11,14-15H2,1H3. The lowest BCUT2D eigenvalue weighted by Crippen LogP contribution is -2.53. The fourth-order valence-electron chi connectivity index (χ4n) is 5.85. The highest BCUT2D eigenvalue weighted by molar-refractivity contribution is 5.80. The van der Waals surface area contributed by atoms with Gasteiger partial charge in [0.15, 0.2) is 0 Å². The summed E-state index contributed by atoms with van der Waals surface area (Å²) in [7, 11) is 0. The number of nitrogens with zero attached hydrogens (tertiary/aromatic N) is 4. The van der Waals surface area contributed by atoms with Crippen molar-refractivity contribution in [1.82, 2.24) is 19.8 Å². The number of aryl methyl sites for hydroxylation is 1. The fourth-order valence-corrected chi connectivity index (χ4v) is 5.85. The topological polar surface area (TPSA) is 66.4 Å². The van der Waals surface area contributed by atoms with Gasteiger partial charge < -0.3 is 9.80 Å². The highest BCUT2D eigenvalue weighted by Crippen LogP contribution is 2.46. The molecule has 2 aliphatic heterocycles. The van der Waals surface area contributed by atoms with Gasteiger partial charge in [0.2, 0.25) is 11.8 Å². The maximum Gasteiger partial charge on any atom is 0.226 e. The molecule has 5 rings (SSSR count). The van der Waals surface area contributed by atoms with Crippen molar-refractivity contribution in [2.45, 2.75) is 52.0 Å². The van der Waals surface area contributed by atoms with Crippen LogP contribution in [0.25, 0.3) is 0 Å². The summed E-state index contributed by atoms with van der Waals surface area (Å²) in [5.74, 6) is 1.90. The summed E-state index contributed by atoms with van der Waals surface area (Å²) in [6.07, 6.45) is 13.9. The molecule has 3 heterocycles. The molecule has 0 aromatic carbocycles. The Morgan fingerprint density at radius 2 is 1.97 bits per heavy atom. The number of fused-ring (bicyclic) bond motifs is 2. The maximum atomic E-state index is 13.1. The zero-order valence-electron chi connectivity index (χ0n) is 17.2. The molecule has 3 unspecified atom stereocenters. The van der Waals surface area contributed by atoms with E-state index in [1.54, 1.807) is 12.4 Å². The number of amides is 2. The van der Waals surface area contributed by atoms with Crippen LogP contribution in [0.4, 0.5) is 0 Å². The Morgan fingerprint density at radius 3 is 2.62 bits per heavy atom. The van der Waals surface area contributed by atoms with Gasteiger partial charge in [-0.2, -0.15) is 0 Å². The number of carbonyl (C=O) groups excluding carboxylic acids is 2. The van der Waals surface area contributed by atoms with E-state index in [4.69, 9.17) is 0 Å². The number of carbonyl (C=O) groups is 2. The van der Waals surface area contributed by atoms with Crippen LogP contribution in [0.1, 0.15) is 49.9 Å². The van der Waals surface area contributed by atoms with E-state index < -0.39 is 0 Å². The van der Waals surface area contributed by atoms with Crippen molar-refractivity contribution in [3.8, 4) is 0 Å². The molecule has 2 amide bonds. The Bertz CT molecular complexity index is 826. The predicted octanol–water partition coefficient (Wildman–Crippen LogP) is 2.73. The molecule has 0 radical (unpaired) electrons. The minimum Gasteiger partial charge on any atom is -0.342 e. The number of likely N-dealkylation sites (tertiary alicyclic amines) is 2. The molecule has 3 fully saturated rings. The summed E-state index contributed by atoms with van der Waals surface area (Å²) in [6, 6.07) is 0. The van der Waals surface area contributed by atoms with Crippen molar-refractivity contribution >= 4 is 11.8 Å². The van der Waals surface area contributed by atoms with Crippen molar-refractivity contribution in [2.24, 2.45) is 23.2 Å². The number of hydrogen-bond donors (Lipinski definition) is 0. The second kappa shape index (κ2) is 7.22. The second-order valence-corrected chi connectivity index (χ2v) is 9.61. The lowest BCUT2D eigenvalue weighted by molar-refractivity contribution is -0.145. The summed E-state index contributed by atoms with van der Waals surface area (Å²) >= 11 is 0. The first-order chi connectivity index (χ1) is 14.0. The van der Waals surface area contributed by atoms with E-state index in [1.807, 2.05) is 11.8 Å². The van der Waals surface area contributed by atoms with Gasteiger partial charge in [-0.1, -0.05) is 12.2 Å². The van der Waals surface area contributed by atoms with Crippen LogP contribution in [-0.2, 0) is 16.1 Å². The normalized spacial score (nSPS) is 30.4. The lowest BCUT2D eigenvalue weighted by atomic mass is 9.72. The SMILES string of the molecule is Cc1cnc(CN2CC3(CCC2=O)CCN(C(=O)C2CC4C=CC2C4)CC3)cn1. The van der Waals surface area contributed by atoms with E-state index in [-0.39, 0.29) is 17.2 Å². The van der Waals surface area contributed by atoms with Crippen LogP contribution in [-0.4, -0.2) is 51.2 Å². The molecule has 2 saturated heterocycles. The Labute approximate surface area is 172 Å². The molecule has 29 heavy (non-hydrogen) atoms. The van der Waals surface area contributed by atoms with Gasteiger partial charge in [0.25, 0.3) is 0 Å². The molecule has 1 aromatic heterocycles. The molecule has 0 N–H and O–H groups in total. The van der Waals surface area contributed by atoms with Crippen molar-refractivity contribution in [3.63, 3.8) is 0 Å². The quantitative estimate of drug-likeness (QED) is 0.740. The third kappa shape index (κ3) is 3.58. The number of piperidine rings is 2. The first-order valence-corrected chi connectivity index (χ1v) is 11.0. The molecule has 6 heteroatoms. The third-order valence-electron chi connectivity index (χ3n) is 7.67. The summed E-state index contributed by atoms with van der Waals surface area (Å²) in [6.45, 7) is 4.90. The van der Waals surface area contributed by atoms with Crippen LogP contribution in [0, 0.1) is 30.1 Å². The van der Waals surface area contributed by atoms with Crippen LogP contribution in [0.5, 0.6) is 0 Å². The zero-order chi connectivity index (χ0) is 20.0. The molecular formula is C23H30N4O2. The first-order valence-electron chi connectivity index (χ1n) is 11.0. The van der Waals surface area contributed by atoms with Gasteiger partial charge in [-0.15, -0.1) is 0 Å². The molecule has 1 saturated carbocycles. The minimum absolute atomic E-state index is 0.150. The molecule has 4 aliphatic rings. The van der Waals surface area contributed by atoms with Gasteiger partial charge >= 0.3 is 0 Å². The number of hydrogen-bond acceptors (Lipinski definition) is 4. The zero-order valence-corrected chi connectivity index (χ0v) is 17.2. The average Bonchev–Trinajstić information content (AvgIpc) is 3.36. The van der Waals surface area contributed by atoms with Gasteiger partial charge in [0.1, 0.15) is 0 Å². The van der Waals surface area contributed by atoms with Gasteiger partial charge in [-0.25, -0.2) is 0 Å². The highest BCUT2D eigenvalue weighted by atomic mass is 16.2.